The maximum absolute atomic E-state index is 12.4. The van der Waals surface area contributed by atoms with Crippen LogP contribution < -0.4 is 5.32 Å². The molecule has 0 spiro atoms. The van der Waals surface area contributed by atoms with Crippen LogP contribution in [0.2, 0.25) is 0 Å². The van der Waals surface area contributed by atoms with Crippen LogP contribution >= 0.6 is 0 Å². The normalized spacial score (nSPS) is 11.4. The zero-order chi connectivity index (χ0) is 13.9. The summed E-state index contributed by atoms with van der Waals surface area (Å²) in [6.45, 7) is 2.64. The van der Waals surface area contributed by atoms with Crippen LogP contribution in [0.3, 0.4) is 0 Å². The van der Waals surface area contributed by atoms with E-state index in [4.69, 9.17) is 0 Å². The Kier molecular flexibility index (Phi) is 3.69. The van der Waals surface area contributed by atoms with Crippen molar-refractivity contribution in [3.05, 3.63) is 42.1 Å². The molecular weight excluding hydrogens is 255 g/mol. The van der Waals surface area contributed by atoms with Crippen molar-refractivity contribution in [2.45, 2.75) is 13.1 Å². The van der Waals surface area contributed by atoms with Gasteiger partial charge in [0.25, 0.3) is 0 Å². The van der Waals surface area contributed by atoms with Gasteiger partial charge in [-0.3, -0.25) is 0 Å². The van der Waals surface area contributed by atoms with Gasteiger partial charge in [-0.15, -0.1) is 0 Å². The van der Waals surface area contributed by atoms with Crippen molar-refractivity contribution < 1.29 is 13.2 Å². The Morgan fingerprint density at radius 3 is 2.37 bits per heavy atom. The van der Waals surface area contributed by atoms with Gasteiger partial charge in [0.2, 0.25) is 0 Å². The average Bonchev–Trinajstić information content (AvgIpc) is 2.39. The molecule has 1 N–H and O–H groups in total. The van der Waals surface area contributed by atoms with Crippen LogP contribution in [0.25, 0.3) is 11.4 Å². The molecule has 0 amide bonds. The first-order valence-electron chi connectivity index (χ1n) is 5.75. The Morgan fingerprint density at radius 1 is 1.11 bits per heavy atom. The van der Waals surface area contributed by atoms with E-state index in [2.05, 4.69) is 15.3 Å². The smallest absolute Gasteiger partial charge is 0.370 e. The highest BCUT2D eigenvalue weighted by Gasteiger charge is 2.30. The van der Waals surface area contributed by atoms with E-state index in [-0.39, 0.29) is 0 Å². The molecule has 0 aliphatic carbocycles. The van der Waals surface area contributed by atoms with Gasteiger partial charge in [0.05, 0.1) is 5.56 Å². The molecule has 0 unspecified atom stereocenters. The number of hydrogen-bond donors (Lipinski definition) is 1. The summed E-state index contributed by atoms with van der Waals surface area (Å²) in [6.07, 6.45) is -2.76. The van der Waals surface area contributed by atoms with Gasteiger partial charge in [0.1, 0.15) is 5.82 Å². The third-order valence-electron chi connectivity index (χ3n) is 2.48. The summed E-state index contributed by atoms with van der Waals surface area (Å²) in [4.78, 5) is 8.27. The van der Waals surface area contributed by atoms with E-state index in [0.717, 1.165) is 12.1 Å². The molecule has 100 valence electrons. The highest BCUT2D eigenvalue weighted by atomic mass is 19.4. The summed E-state index contributed by atoms with van der Waals surface area (Å²) in [5.41, 5.74) is -0.133. The Bertz CT molecular complexity index is 550. The minimum atomic E-state index is -4.33. The molecule has 0 atom stereocenters. The Labute approximate surface area is 108 Å². The molecule has 6 heteroatoms. The van der Waals surface area contributed by atoms with Crippen molar-refractivity contribution in [2.75, 3.05) is 11.9 Å². The van der Waals surface area contributed by atoms with Crippen LogP contribution in [-0.2, 0) is 6.18 Å². The van der Waals surface area contributed by atoms with E-state index in [1.807, 2.05) is 6.92 Å². The first-order valence-corrected chi connectivity index (χ1v) is 5.75. The van der Waals surface area contributed by atoms with Crippen molar-refractivity contribution in [1.29, 1.82) is 0 Å². The van der Waals surface area contributed by atoms with Gasteiger partial charge in [-0.05, 0) is 25.1 Å². The van der Waals surface area contributed by atoms with E-state index in [9.17, 15) is 13.2 Å². The largest absolute Gasteiger partial charge is 0.416 e. The topological polar surface area (TPSA) is 37.8 Å². The SMILES string of the molecule is CCNc1ccnc(-c2ccc(C(F)(F)F)cc2)n1. The molecule has 0 fully saturated rings. The minimum absolute atomic E-state index is 0.396. The molecule has 0 aliphatic rings. The zero-order valence-electron chi connectivity index (χ0n) is 10.2. The average molecular weight is 267 g/mol. The highest BCUT2D eigenvalue weighted by Crippen LogP contribution is 2.30. The van der Waals surface area contributed by atoms with Gasteiger partial charge >= 0.3 is 6.18 Å². The lowest BCUT2D eigenvalue weighted by Crippen LogP contribution is -2.04. The number of hydrogen-bond acceptors (Lipinski definition) is 3. The van der Waals surface area contributed by atoms with E-state index < -0.39 is 11.7 Å². The number of nitrogens with zero attached hydrogens (tertiary/aromatic N) is 2. The maximum Gasteiger partial charge on any atom is 0.416 e. The third-order valence-corrected chi connectivity index (χ3v) is 2.48. The van der Waals surface area contributed by atoms with Gasteiger partial charge in [-0.2, -0.15) is 13.2 Å². The monoisotopic (exact) mass is 267 g/mol. The van der Waals surface area contributed by atoms with Crippen LogP contribution in [-0.4, -0.2) is 16.5 Å². The molecule has 1 heterocycles. The molecular formula is C13H12F3N3. The second-order valence-corrected chi connectivity index (χ2v) is 3.87. The second-order valence-electron chi connectivity index (χ2n) is 3.87. The molecule has 1 aromatic heterocycles. The molecule has 0 saturated heterocycles. The highest BCUT2D eigenvalue weighted by molar-refractivity contribution is 5.57. The fourth-order valence-electron chi connectivity index (χ4n) is 1.59. The predicted octanol–water partition coefficient (Wildman–Crippen LogP) is 3.59. The molecule has 0 aliphatic heterocycles. The van der Waals surface area contributed by atoms with Crippen LogP contribution in [0.4, 0.5) is 19.0 Å². The molecule has 2 aromatic rings. The number of benzene rings is 1. The number of rotatable bonds is 3. The number of halogens is 3. The number of alkyl halides is 3. The van der Waals surface area contributed by atoms with Crippen LogP contribution in [0, 0.1) is 0 Å². The molecule has 2 rings (SSSR count). The van der Waals surface area contributed by atoms with Gasteiger partial charge in [0.15, 0.2) is 5.82 Å². The van der Waals surface area contributed by atoms with Crippen molar-refractivity contribution >= 4 is 5.82 Å². The van der Waals surface area contributed by atoms with Crippen molar-refractivity contribution in [2.24, 2.45) is 0 Å². The fourth-order valence-corrected chi connectivity index (χ4v) is 1.59. The summed E-state index contributed by atoms with van der Waals surface area (Å²) in [6, 6.07) is 6.50. The Balaban J connectivity index is 2.29. The summed E-state index contributed by atoms with van der Waals surface area (Å²) in [7, 11) is 0. The summed E-state index contributed by atoms with van der Waals surface area (Å²) >= 11 is 0. The molecule has 3 nitrogen and oxygen atoms in total. The molecule has 0 bridgehead atoms. The second kappa shape index (κ2) is 5.26. The van der Waals surface area contributed by atoms with E-state index >= 15 is 0 Å². The number of aromatic nitrogens is 2. The molecule has 0 saturated carbocycles. The van der Waals surface area contributed by atoms with E-state index in [1.165, 1.54) is 12.1 Å². The van der Waals surface area contributed by atoms with Gasteiger partial charge < -0.3 is 5.32 Å². The fraction of sp³-hybridized carbons (Fsp3) is 0.231. The number of anilines is 1. The quantitative estimate of drug-likeness (QED) is 0.923. The summed E-state index contributed by atoms with van der Waals surface area (Å²) in [5.74, 6) is 1.04. The molecule has 0 radical (unpaired) electrons. The standard InChI is InChI=1S/C13H12F3N3/c1-2-17-11-7-8-18-12(19-11)9-3-5-10(6-4-9)13(14,15)16/h3-8H,2H2,1H3,(H,17,18,19). The van der Waals surface area contributed by atoms with Gasteiger partial charge in [-0.25, -0.2) is 9.97 Å². The van der Waals surface area contributed by atoms with Gasteiger partial charge in [0, 0.05) is 18.3 Å². The zero-order valence-corrected chi connectivity index (χ0v) is 10.2. The van der Waals surface area contributed by atoms with Crippen LogP contribution in [0.1, 0.15) is 12.5 Å². The van der Waals surface area contributed by atoms with Crippen molar-refractivity contribution in [3.8, 4) is 11.4 Å². The number of nitrogens with one attached hydrogen (secondary N) is 1. The third kappa shape index (κ3) is 3.21. The van der Waals surface area contributed by atoms with Gasteiger partial charge in [-0.1, -0.05) is 12.1 Å². The predicted molar refractivity (Wildman–Crippen MR) is 66.6 cm³/mol. The van der Waals surface area contributed by atoms with E-state index in [1.54, 1.807) is 12.3 Å². The van der Waals surface area contributed by atoms with Crippen molar-refractivity contribution in [1.82, 2.24) is 9.97 Å². The van der Waals surface area contributed by atoms with E-state index in [0.29, 0.717) is 23.8 Å². The Hall–Kier alpha value is -2.11. The van der Waals surface area contributed by atoms with Crippen molar-refractivity contribution in [3.63, 3.8) is 0 Å². The summed E-state index contributed by atoms with van der Waals surface area (Å²) < 4.78 is 37.3. The molecule has 1 aromatic carbocycles. The van der Waals surface area contributed by atoms with Crippen LogP contribution in [0.5, 0.6) is 0 Å². The minimum Gasteiger partial charge on any atom is -0.370 e. The van der Waals surface area contributed by atoms with Crippen LogP contribution in [0.15, 0.2) is 36.5 Å². The lowest BCUT2D eigenvalue weighted by molar-refractivity contribution is -0.137. The molecule has 19 heavy (non-hydrogen) atoms. The lowest BCUT2D eigenvalue weighted by atomic mass is 10.1. The first kappa shape index (κ1) is 13.3. The lowest BCUT2D eigenvalue weighted by Gasteiger charge is -2.08. The first-order chi connectivity index (χ1) is 9.00. The maximum atomic E-state index is 12.4. The summed E-state index contributed by atoms with van der Waals surface area (Å²) in [5, 5.41) is 3.02. The Morgan fingerprint density at radius 2 is 1.79 bits per heavy atom.